The lowest BCUT2D eigenvalue weighted by Gasteiger charge is -2.12. The van der Waals surface area contributed by atoms with Crippen molar-refractivity contribution in [3.63, 3.8) is 0 Å². The fraction of sp³-hybridized carbons (Fsp3) is 0.143. The van der Waals surface area contributed by atoms with Crippen molar-refractivity contribution in [3.05, 3.63) is 123 Å². The highest BCUT2D eigenvalue weighted by Crippen LogP contribution is 2.37. The van der Waals surface area contributed by atoms with Crippen LogP contribution in [0.15, 0.2) is 78.9 Å². The van der Waals surface area contributed by atoms with Crippen molar-refractivity contribution in [1.29, 1.82) is 0 Å². The molecule has 5 rings (SSSR count). The predicted octanol–water partition coefficient (Wildman–Crippen LogP) is 10.4. The normalized spacial score (nSPS) is 10.6. The first-order valence-corrected chi connectivity index (χ1v) is 17.1. The lowest BCUT2D eigenvalue weighted by molar-refractivity contribution is 0.424. The van der Waals surface area contributed by atoms with E-state index in [4.69, 9.17) is 4.74 Å². The number of hydrogen-bond acceptors (Lipinski definition) is 1. The molecule has 40 heavy (non-hydrogen) atoms. The van der Waals surface area contributed by atoms with E-state index in [0.717, 1.165) is 70.9 Å². The molecule has 0 heterocycles. The van der Waals surface area contributed by atoms with Crippen LogP contribution in [0.3, 0.4) is 0 Å². The summed E-state index contributed by atoms with van der Waals surface area (Å²) in [5, 5.41) is 7.35. The quantitative estimate of drug-likeness (QED) is 0.0981. The van der Waals surface area contributed by atoms with Crippen LogP contribution in [0.5, 0.6) is 5.75 Å². The van der Waals surface area contributed by atoms with E-state index in [1.807, 2.05) is 12.1 Å². The van der Waals surface area contributed by atoms with Crippen LogP contribution in [0.4, 0.5) is 0 Å². The molecule has 0 amide bonds. The van der Waals surface area contributed by atoms with Crippen LogP contribution in [0.1, 0.15) is 44.5 Å². The predicted molar refractivity (Wildman–Crippen MR) is 183 cm³/mol. The molecular weight excluding hydrogens is 756 g/mol. The number of fused-ring (bicyclic) bond motifs is 2. The van der Waals surface area contributed by atoms with Gasteiger partial charge in [0, 0.05) is 65.1 Å². The Bertz CT molecular complexity index is 1680. The minimum absolute atomic E-state index is 0.793. The standard InChI is InChI=1S/C35H24Br4O/c1-40-35-31-6-2-4-29(10-8-23-12-25(19-36)16-26(13-23)20-37)33(31)18-34-30(5-3-7-32(34)35)11-9-24-14-27(21-38)17-28(15-24)22-39/h2-7,12-18H,19-22H2,1H3. The van der Waals surface area contributed by atoms with Crippen LogP contribution in [0.2, 0.25) is 0 Å². The van der Waals surface area contributed by atoms with Crippen molar-refractivity contribution in [3.8, 4) is 29.4 Å². The number of methoxy groups -OCH3 is 1. The average Bonchev–Trinajstić information content (AvgIpc) is 3.01. The minimum atomic E-state index is 0.793. The van der Waals surface area contributed by atoms with Crippen LogP contribution in [-0.4, -0.2) is 7.11 Å². The number of rotatable bonds is 5. The molecule has 1 nitrogen and oxygen atoms in total. The summed E-state index contributed by atoms with van der Waals surface area (Å²) in [6.45, 7) is 0. The second-order valence-electron chi connectivity index (χ2n) is 9.32. The molecule has 0 aliphatic rings. The molecule has 0 spiro atoms. The van der Waals surface area contributed by atoms with Crippen molar-refractivity contribution in [2.75, 3.05) is 7.11 Å². The van der Waals surface area contributed by atoms with Gasteiger partial charge in [-0.3, -0.25) is 0 Å². The Balaban J connectivity index is 1.67. The van der Waals surface area contributed by atoms with Crippen LogP contribution in [-0.2, 0) is 21.3 Å². The highest BCUT2D eigenvalue weighted by molar-refractivity contribution is 9.09. The van der Waals surface area contributed by atoms with Gasteiger partial charge in [0.1, 0.15) is 5.75 Å². The Labute approximate surface area is 269 Å². The molecule has 0 radical (unpaired) electrons. The van der Waals surface area contributed by atoms with Gasteiger partial charge in [-0.2, -0.15) is 0 Å². The van der Waals surface area contributed by atoms with Crippen LogP contribution in [0.25, 0.3) is 21.5 Å². The largest absolute Gasteiger partial charge is 0.495 e. The van der Waals surface area contributed by atoms with Crippen molar-refractivity contribution < 1.29 is 4.74 Å². The highest BCUT2D eigenvalue weighted by atomic mass is 79.9. The number of halogens is 4. The number of ether oxygens (including phenoxy) is 1. The fourth-order valence-corrected chi connectivity index (χ4v) is 6.12. The summed E-state index contributed by atoms with van der Waals surface area (Å²) in [6.07, 6.45) is 0. The molecule has 0 bridgehead atoms. The van der Waals surface area contributed by atoms with E-state index < -0.39 is 0 Å². The van der Waals surface area contributed by atoms with E-state index >= 15 is 0 Å². The topological polar surface area (TPSA) is 9.23 Å². The van der Waals surface area contributed by atoms with Gasteiger partial charge in [-0.05, 0) is 64.7 Å². The van der Waals surface area contributed by atoms with Gasteiger partial charge in [0.05, 0.1) is 7.11 Å². The van der Waals surface area contributed by atoms with E-state index in [2.05, 4.69) is 154 Å². The Hall–Kier alpha value is -2.54. The molecule has 0 saturated carbocycles. The summed E-state index contributed by atoms with van der Waals surface area (Å²) in [5.74, 6) is 14.5. The number of benzene rings is 5. The molecule has 0 aromatic heterocycles. The van der Waals surface area contributed by atoms with Crippen LogP contribution < -0.4 is 4.74 Å². The Morgan fingerprint density at radius 1 is 0.500 bits per heavy atom. The smallest absolute Gasteiger partial charge is 0.134 e. The maximum atomic E-state index is 5.98. The summed E-state index contributed by atoms with van der Waals surface area (Å²) < 4.78 is 5.98. The SMILES string of the molecule is COc1c2cccc(C#Cc3cc(CBr)cc(CBr)c3)c2cc2c(C#Cc3cc(CBr)cc(CBr)c3)cccc12. The van der Waals surface area contributed by atoms with Gasteiger partial charge in [0.2, 0.25) is 0 Å². The van der Waals surface area contributed by atoms with Crippen molar-refractivity contribution in [2.45, 2.75) is 21.3 Å². The van der Waals surface area contributed by atoms with E-state index in [0.29, 0.717) is 0 Å². The zero-order valence-electron chi connectivity index (χ0n) is 21.8. The molecule has 0 aliphatic carbocycles. The van der Waals surface area contributed by atoms with E-state index in [1.54, 1.807) is 7.11 Å². The average molecular weight is 780 g/mol. The lowest BCUT2D eigenvalue weighted by Crippen LogP contribution is -1.92. The van der Waals surface area contributed by atoms with Gasteiger partial charge in [0.15, 0.2) is 0 Å². The van der Waals surface area contributed by atoms with Gasteiger partial charge in [-0.1, -0.05) is 124 Å². The van der Waals surface area contributed by atoms with Crippen molar-refractivity contribution >= 4 is 85.3 Å². The monoisotopic (exact) mass is 776 g/mol. The molecule has 5 aromatic rings. The maximum absolute atomic E-state index is 5.98. The molecule has 198 valence electrons. The molecule has 5 aromatic carbocycles. The van der Waals surface area contributed by atoms with Gasteiger partial charge in [-0.25, -0.2) is 0 Å². The second kappa shape index (κ2) is 13.4. The fourth-order valence-electron chi connectivity index (χ4n) is 4.82. The molecule has 0 unspecified atom stereocenters. The third-order valence-corrected chi connectivity index (χ3v) is 9.19. The maximum Gasteiger partial charge on any atom is 0.134 e. The van der Waals surface area contributed by atoms with Gasteiger partial charge in [-0.15, -0.1) is 0 Å². The van der Waals surface area contributed by atoms with Crippen LogP contribution in [0, 0.1) is 23.7 Å². The Morgan fingerprint density at radius 3 is 1.25 bits per heavy atom. The van der Waals surface area contributed by atoms with Crippen LogP contribution >= 0.6 is 63.7 Å². The lowest BCUT2D eigenvalue weighted by atomic mass is 9.95. The summed E-state index contributed by atoms with van der Waals surface area (Å²) >= 11 is 14.3. The summed E-state index contributed by atoms with van der Waals surface area (Å²) in [5.41, 5.74) is 8.74. The summed E-state index contributed by atoms with van der Waals surface area (Å²) in [7, 11) is 1.73. The molecule has 0 fully saturated rings. The van der Waals surface area contributed by atoms with Gasteiger partial charge >= 0.3 is 0 Å². The molecular formula is C35H24Br4O. The van der Waals surface area contributed by atoms with E-state index in [9.17, 15) is 0 Å². The summed E-state index contributed by atoms with van der Waals surface area (Å²) in [6, 6.07) is 27.5. The second-order valence-corrected chi connectivity index (χ2v) is 11.6. The third kappa shape index (κ3) is 6.35. The molecule has 0 aliphatic heterocycles. The van der Waals surface area contributed by atoms with Gasteiger partial charge < -0.3 is 4.74 Å². The third-order valence-electron chi connectivity index (χ3n) is 6.60. The summed E-state index contributed by atoms with van der Waals surface area (Å²) in [4.78, 5) is 0. The van der Waals surface area contributed by atoms with Crippen molar-refractivity contribution in [1.82, 2.24) is 0 Å². The first-order chi connectivity index (χ1) is 19.6. The molecule has 0 atom stereocenters. The molecule has 0 N–H and O–H groups in total. The van der Waals surface area contributed by atoms with E-state index in [-0.39, 0.29) is 0 Å². The highest BCUT2D eigenvalue weighted by Gasteiger charge is 2.12. The molecule has 5 heteroatoms. The Morgan fingerprint density at radius 2 is 0.900 bits per heavy atom. The zero-order chi connectivity index (χ0) is 28.1. The zero-order valence-corrected chi connectivity index (χ0v) is 28.1. The number of hydrogen-bond donors (Lipinski definition) is 0. The first kappa shape index (κ1) is 29.0. The molecule has 0 saturated heterocycles. The number of alkyl halides is 4. The minimum Gasteiger partial charge on any atom is -0.495 e. The van der Waals surface area contributed by atoms with Gasteiger partial charge in [0.25, 0.3) is 0 Å². The van der Waals surface area contributed by atoms with E-state index in [1.165, 1.54) is 22.3 Å². The Kier molecular flexibility index (Phi) is 9.72. The van der Waals surface area contributed by atoms with Crippen molar-refractivity contribution in [2.24, 2.45) is 0 Å². The first-order valence-electron chi connectivity index (χ1n) is 12.6.